The van der Waals surface area contributed by atoms with Crippen molar-refractivity contribution in [3.63, 3.8) is 0 Å². The second kappa shape index (κ2) is 3.82. The molecule has 0 fully saturated rings. The molecule has 2 rings (SSSR count). The normalized spacial score (nSPS) is 20.4. The van der Waals surface area contributed by atoms with Gasteiger partial charge < -0.3 is 0 Å². The van der Waals surface area contributed by atoms with E-state index in [-0.39, 0.29) is 5.54 Å². The average molecular weight is 243 g/mol. The zero-order valence-electron chi connectivity index (χ0n) is 11.1. The lowest BCUT2D eigenvalue weighted by Crippen LogP contribution is -2.51. The van der Waals surface area contributed by atoms with Crippen LogP contribution in [0.2, 0.25) is 0 Å². The number of aromatic nitrogens is 1. The van der Waals surface area contributed by atoms with Crippen LogP contribution in [0.4, 0.5) is 0 Å². The average Bonchev–Trinajstić information content (AvgIpc) is 2.50. The summed E-state index contributed by atoms with van der Waals surface area (Å²) in [6, 6.07) is 3.56. The van der Waals surface area contributed by atoms with Gasteiger partial charge in [-0.3, -0.25) is 15.2 Å². The summed E-state index contributed by atoms with van der Waals surface area (Å²) in [4.78, 5) is 8.80. The Morgan fingerprint density at radius 3 is 2.33 bits per heavy atom. The minimum absolute atomic E-state index is 0.385. The first kappa shape index (κ1) is 12.6. The van der Waals surface area contributed by atoms with Crippen molar-refractivity contribution in [2.75, 3.05) is 0 Å². The smallest absolute Gasteiger partial charge is 0.175 e. The predicted molar refractivity (Wildman–Crippen MR) is 70.5 cm³/mol. The Morgan fingerprint density at radius 1 is 1.28 bits per heavy atom. The highest BCUT2D eigenvalue weighted by atomic mass is 16.5. The van der Waals surface area contributed by atoms with Crippen LogP contribution < -0.4 is 0 Å². The van der Waals surface area contributed by atoms with Crippen LogP contribution in [0.5, 0.6) is 0 Å². The van der Waals surface area contributed by atoms with Crippen LogP contribution in [-0.4, -0.2) is 32.2 Å². The number of pyridine rings is 1. The SMILES string of the molecule is C#Cc1ccc(C2=NC(C)(C)C(C)(C)N2O)nc1. The van der Waals surface area contributed by atoms with Gasteiger partial charge in [-0.2, -0.15) is 0 Å². The number of hydrogen-bond donors (Lipinski definition) is 1. The van der Waals surface area contributed by atoms with Crippen LogP contribution >= 0.6 is 0 Å². The molecule has 0 radical (unpaired) electrons. The van der Waals surface area contributed by atoms with Crippen molar-refractivity contribution in [2.24, 2.45) is 4.99 Å². The zero-order valence-corrected chi connectivity index (χ0v) is 11.1. The number of hydrogen-bond acceptors (Lipinski definition) is 4. The van der Waals surface area contributed by atoms with Gasteiger partial charge in [0, 0.05) is 11.8 Å². The molecule has 0 saturated carbocycles. The van der Waals surface area contributed by atoms with E-state index in [1.54, 1.807) is 18.3 Å². The monoisotopic (exact) mass is 243 g/mol. The maximum Gasteiger partial charge on any atom is 0.175 e. The summed E-state index contributed by atoms with van der Waals surface area (Å²) < 4.78 is 0. The second-order valence-corrected chi connectivity index (χ2v) is 5.44. The van der Waals surface area contributed by atoms with Crippen molar-refractivity contribution in [3.8, 4) is 12.3 Å². The Balaban J connectivity index is 2.43. The van der Waals surface area contributed by atoms with Crippen LogP contribution in [0.15, 0.2) is 23.3 Å². The summed E-state index contributed by atoms with van der Waals surface area (Å²) in [5.41, 5.74) is 0.466. The quantitative estimate of drug-likeness (QED) is 0.768. The highest BCUT2D eigenvalue weighted by Crippen LogP contribution is 2.37. The molecule has 18 heavy (non-hydrogen) atoms. The maximum absolute atomic E-state index is 10.3. The van der Waals surface area contributed by atoms with Crippen molar-refractivity contribution in [1.29, 1.82) is 0 Å². The molecule has 1 aliphatic rings. The molecular formula is C14H17N3O. The van der Waals surface area contributed by atoms with Crippen LogP contribution in [0.3, 0.4) is 0 Å². The Morgan fingerprint density at radius 2 is 1.94 bits per heavy atom. The molecule has 1 aromatic rings. The Hall–Kier alpha value is -1.86. The fourth-order valence-corrected chi connectivity index (χ4v) is 1.75. The highest BCUT2D eigenvalue weighted by molar-refractivity contribution is 5.98. The van der Waals surface area contributed by atoms with Gasteiger partial charge in [-0.25, -0.2) is 5.06 Å². The lowest BCUT2D eigenvalue weighted by atomic mass is 9.84. The maximum atomic E-state index is 10.3. The van der Waals surface area contributed by atoms with Crippen LogP contribution in [0.1, 0.15) is 39.0 Å². The van der Waals surface area contributed by atoms with E-state index in [9.17, 15) is 5.21 Å². The molecule has 4 heteroatoms. The molecule has 0 atom stereocenters. The summed E-state index contributed by atoms with van der Waals surface area (Å²) in [6.45, 7) is 7.86. The fourth-order valence-electron chi connectivity index (χ4n) is 1.75. The van der Waals surface area contributed by atoms with Crippen LogP contribution in [0, 0.1) is 12.3 Å². The molecule has 1 N–H and O–H groups in total. The van der Waals surface area contributed by atoms with Gasteiger partial charge in [0.15, 0.2) is 5.84 Å². The molecule has 0 bridgehead atoms. The van der Waals surface area contributed by atoms with Gasteiger partial charge in [-0.05, 0) is 39.8 Å². The van der Waals surface area contributed by atoms with Gasteiger partial charge in [0.25, 0.3) is 0 Å². The largest absolute Gasteiger partial charge is 0.286 e. The summed E-state index contributed by atoms with van der Waals surface area (Å²) in [7, 11) is 0. The molecule has 0 aliphatic carbocycles. The number of terminal acetylenes is 1. The van der Waals surface area contributed by atoms with Gasteiger partial charge in [-0.1, -0.05) is 5.92 Å². The number of rotatable bonds is 1. The fraction of sp³-hybridized carbons (Fsp3) is 0.429. The molecule has 2 heterocycles. The van der Waals surface area contributed by atoms with E-state index in [1.807, 2.05) is 27.7 Å². The summed E-state index contributed by atoms with van der Waals surface area (Å²) in [5, 5.41) is 11.4. The Labute approximate surface area is 107 Å². The minimum atomic E-state index is -0.477. The topological polar surface area (TPSA) is 48.7 Å². The standard InChI is InChI=1S/C14H17N3O/c1-6-10-7-8-11(15-9-10)12-16-13(2,3)14(4,5)17(12)18/h1,7-9,18H,2-5H3. The molecule has 0 spiro atoms. The molecule has 1 aromatic heterocycles. The predicted octanol–water partition coefficient (Wildman–Crippen LogP) is 2.07. The van der Waals surface area contributed by atoms with Crippen molar-refractivity contribution in [1.82, 2.24) is 10.0 Å². The lowest BCUT2D eigenvalue weighted by Gasteiger charge is -2.36. The van der Waals surface area contributed by atoms with Gasteiger partial charge in [-0.15, -0.1) is 6.42 Å². The molecule has 0 saturated heterocycles. The van der Waals surface area contributed by atoms with Gasteiger partial charge >= 0.3 is 0 Å². The summed E-state index contributed by atoms with van der Waals surface area (Å²) >= 11 is 0. The molecular weight excluding hydrogens is 226 g/mol. The van der Waals surface area contributed by atoms with E-state index in [1.165, 1.54) is 5.06 Å². The third kappa shape index (κ3) is 1.68. The van der Waals surface area contributed by atoms with Gasteiger partial charge in [0.05, 0.1) is 11.1 Å². The molecule has 0 aromatic carbocycles. The highest BCUT2D eigenvalue weighted by Gasteiger charge is 2.49. The van der Waals surface area contributed by atoms with E-state index < -0.39 is 5.54 Å². The van der Waals surface area contributed by atoms with Crippen molar-refractivity contribution in [3.05, 3.63) is 29.6 Å². The van der Waals surface area contributed by atoms with E-state index in [0.29, 0.717) is 17.1 Å². The third-order valence-corrected chi connectivity index (χ3v) is 3.77. The first-order chi connectivity index (χ1) is 8.29. The third-order valence-electron chi connectivity index (χ3n) is 3.77. The van der Waals surface area contributed by atoms with E-state index >= 15 is 0 Å². The van der Waals surface area contributed by atoms with E-state index in [0.717, 1.165) is 0 Å². The first-order valence-corrected chi connectivity index (χ1v) is 5.81. The van der Waals surface area contributed by atoms with Crippen molar-refractivity contribution >= 4 is 5.84 Å². The number of hydroxylamine groups is 2. The van der Waals surface area contributed by atoms with Gasteiger partial charge in [0.1, 0.15) is 5.69 Å². The van der Waals surface area contributed by atoms with Crippen molar-refractivity contribution < 1.29 is 5.21 Å². The van der Waals surface area contributed by atoms with Crippen molar-refractivity contribution in [2.45, 2.75) is 38.8 Å². The van der Waals surface area contributed by atoms with E-state index in [4.69, 9.17) is 6.42 Å². The Bertz CT molecular complexity index is 535. The van der Waals surface area contributed by atoms with E-state index in [2.05, 4.69) is 15.9 Å². The summed E-state index contributed by atoms with van der Waals surface area (Å²) in [5.74, 6) is 2.99. The Kier molecular flexibility index (Phi) is 2.67. The first-order valence-electron chi connectivity index (χ1n) is 5.81. The number of amidine groups is 1. The second-order valence-electron chi connectivity index (χ2n) is 5.44. The molecule has 0 unspecified atom stereocenters. The molecule has 4 nitrogen and oxygen atoms in total. The zero-order chi connectivity index (χ0) is 13.6. The minimum Gasteiger partial charge on any atom is -0.286 e. The molecule has 1 aliphatic heterocycles. The lowest BCUT2D eigenvalue weighted by molar-refractivity contribution is -0.0993. The molecule has 0 amide bonds. The van der Waals surface area contributed by atoms with Crippen LogP contribution in [0.25, 0.3) is 0 Å². The van der Waals surface area contributed by atoms with Crippen LogP contribution in [-0.2, 0) is 0 Å². The summed E-state index contributed by atoms with van der Waals surface area (Å²) in [6.07, 6.45) is 6.89. The molecule has 94 valence electrons. The number of nitrogens with zero attached hydrogens (tertiary/aromatic N) is 3. The number of aliphatic imine (C=N–C) groups is 1. The van der Waals surface area contributed by atoms with Gasteiger partial charge in [0.2, 0.25) is 0 Å².